The van der Waals surface area contributed by atoms with Crippen LogP contribution in [-0.4, -0.2) is 53.2 Å². The van der Waals surface area contributed by atoms with Crippen LogP contribution in [0.4, 0.5) is 0 Å². The molecule has 2 fully saturated rings. The van der Waals surface area contributed by atoms with Gasteiger partial charge >= 0.3 is 0 Å². The first kappa shape index (κ1) is 24.5. The zero-order valence-electron chi connectivity index (χ0n) is 20.7. The Bertz CT molecular complexity index is 1070. The average Bonchev–Trinajstić information content (AvgIpc) is 3.35. The van der Waals surface area contributed by atoms with Gasteiger partial charge in [0.15, 0.2) is 0 Å². The molecule has 6 heteroatoms. The summed E-state index contributed by atoms with van der Waals surface area (Å²) in [4.78, 5) is 0. The standard InChI is InChI=1S/C29H33BO4Si/c1-28(2,3)35(23-15-9-5-10-16-23,24-17-11-6-12-18-24)33-21-29-20-32-25(27(30)34-29)26(29)31-19-22-13-7-4-8-14-22/h4-18,25-27H,19-21H2,1-3H3. The highest BCUT2D eigenvalue weighted by atomic mass is 28.4. The lowest BCUT2D eigenvalue weighted by Crippen LogP contribution is -2.68. The van der Waals surface area contributed by atoms with Crippen LogP contribution in [0.15, 0.2) is 91.0 Å². The first-order valence-electron chi connectivity index (χ1n) is 12.3. The van der Waals surface area contributed by atoms with Crippen molar-refractivity contribution in [3.8, 4) is 0 Å². The van der Waals surface area contributed by atoms with Gasteiger partial charge in [0.25, 0.3) is 8.32 Å². The first-order chi connectivity index (χ1) is 16.9. The molecule has 0 aromatic heterocycles. The van der Waals surface area contributed by atoms with Gasteiger partial charge < -0.3 is 18.6 Å². The van der Waals surface area contributed by atoms with Gasteiger partial charge in [-0.15, -0.1) is 0 Å². The molecule has 2 heterocycles. The van der Waals surface area contributed by atoms with Gasteiger partial charge in [-0.05, 0) is 21.0 Å². The SMILES string of the molecule is [B]C1OC2(CO[Si](c3ccccc3)(c3ccccc3)C(C)(C)C)COC1C2OCc1ccccc1. The topological polar surface area (TPSA) is 36.9 Å². The van der Waals surface area contributed by atoms with E-state index in [4.69, 9.17) is 26.5 Å². The third-order valence-electron chi connectivity index (χ3n) is 7.25. The lowest BCUT2D eigenvalue weighted by atomic mass is 9.92. The molecule has 0 spiro atoms. The van der Waals surface area contributed by atoms with E-state index in [-0.39, 0.29) is 17.2 Å². The third kappa shape index (κ3) is 4.43. The number of fused-ring (bicyclic) bond motifs is 2. The minimum atomic E-state index is -2.73. The van der Waals surface area contributed by atoms with Gasteiger partial charge in [0.2, 0.25) is 0 Å². The summed E-state index contributed by atoms with van der Waals surface area (Å²) in [6, 6.07) is 30.9. The van der Waals surface area contributed by atoms with Crippen LogP contribution in [0.2, 0.25) is 5.04 Å². The molecule has 180 valence electrons. The van der Waals surface area contributed by atoms with Crippen molar-refractivity contribution < 1.29 is 18.6 Å². The first-order valence-corrected chi connectivity index (χ1v) is 14.2. The molecule has 5 rings (SSSR count). The molecule has 35 heavy (non-hydrogen) atoms. The van der Waals surface area contributed by atoms with E-state index in [2.05, 4.69) is 93.6 Å². The van der Waals surface area contributed by atoms with Gasteiger partial charge in [0, 0.05) is 6.00 Å². The van der Waals surface area contributed by atoms with E-state index in [0.717, 1.165) is 5.56 Å². The molecule has 3 aromatic carbocycles. The van der Waals surface area contributed by atoms with Crippen LogP contribution in [0.1, 0.15) is 26.3 Å². The average molecular weight is 484 g/mol. The maximum atomic E-state index is 7.20. The highest BCUT2D eigenvalue weighted by Crippen LogP contribution is 2.44. The molecule has 2 bridgehead atoms. The van der Waals surface area contributed by atoms with Crippen molar-refractivity contribution in [2.45, 2.75) is 56.2 Å². The lowest BCUT2D eigenvalue weighted by Gasteiger charge is -2.45. The van der Waals surface area contributed by atoms with Crippen molar-refractivity contribution >= 4 is 26.5 Å². The van der Waals surface area contributed by atoms with Crippen LogP contribution in [0.3, 0.4) is 0 Å². The van der Waals surface area contributed by atoms with E-state index in [1.165, 1.54) is 10.4 Å². The molecule has 3 aromatic rings. The number of ether oxygens (including phenoxy) is 3. The number of hydrogen-bond donors (Lipinski definition) is 0. The van der Waals surface area contributed by atoms with Crippen LogP contribution in [0.25, 0.3) is 0 Å². The Labute approximate surface area is 211 Å². The van der Waals surface area contributed by atoms with Gasteiger partial charge in [-0.3, -0.25) is 0 Å². The summed E-state index contributed by atoms with van der Waals surface area (Å²) in [5.74, 6) is 0. The van der Waals surface area contributed by atoms with Crippen LogP contribution >= 0.6 is 0 Å². The summed E-state index contributed by atoms with van der Waals surface area (Å²) in [6.07, 6.45) is -0.600. The summed E-state index contributed by atoms with van der Waals surface area (Å²) < 4.78 is 26.1. The minimum Gasteiger partial charge on any atom is -0.404 e. The van der Waals surface area contributed by atoms with Crippen LogP contribution in [0, 0.1) is 0 Å². The van der Waals surface area contributed by atoms with E-state index >= 15 is 0 Å². The third-order valence-corrected chi connectivity index (χ3v) is 12.2. The van der Waals surface area contributed by atoms with Crippen molar-refractivity contribution in [2.24, 2.45) is 0 Å². The minimum absolute atomic E-state index is 0.133. The molecule has 4 unspecified atom stereocenters. The van der Waals surface area contributed by atoms with E-state index < -0.39 is 19.9 Å². The zero-order valence-corrected chi connectivity index (χ0v) is 21.7. The van der Waals surface area contributed by atoms with Crippen molar-refractivity contribution in [3.05, 3.63) is 96.6 Å². The molecule has 2 aliphatic rings. The maximum absolute atomic E-state index is 7.20. The summed E-state index contributed by atoms with van der Waals surface area (Å²) in [6.45, 7) is 8.05. The van der Waals surface area contributed by atoms with Gasteiger partial charge in [0.05, 0.1) is 19.8 Å². The molecule has 4 nitrogen and oxygen atoms in total. The highest BCUT2D eigenvalue weighted by Gasteiger charge is 2.62. The Kier molecular flexibility index (Phi) is 6.77. The fraction of sp³-hybridized carbons (Fsp3) is 0.379. The Morgan fingerprint density at radius 1 is 0.886 bits per heavy atom. The Hall–Kier alpha value is -2.22. The molecule has 0 N–H and O–H groups in total. The molecule has 2 saturated heterocycles. The van der Waals surface area contributed by atoms with E-state index in [0.29, 0.717) is 19.8 Å². The molecular formula is C29H33BO4Si. The van der Waals surface area contributed by atoms with Gasteiger partial charge in [-0.1, -0.05) is 112 Å². The highest BCUT2D eigenvalue weighted by molar-refractivity contribution is 6.99. The normalized spacial score (nSPS) is 26.2. The molecule has 0 saturated carbocycles. The van der Waals surface area contributed by atoms with Gasteiger partial charge in [-0.25, -0.2) is 0 Å². The fourth-order valence-corrected chi connectivity index (χ4v) is 10.2. The van der Waals surface area contributed by atoms with Gasteiger partial charge in [0.1, 0.15) is 25.7 Å². The smallest absolute Gasteiger partial charge is 0.261 e. The van der Waals surface area contributed by atoms with Crippen LogP contribution in [-0.2, 0) is 25.2 Å². The second kappa shape index (κ2) is 9.68. The second-order valence-electron chi connectivity index (χ2n) is 10.6. The van der Waals surface area contributed by atoms with Crippen molar-refractivity contribution in [2.75, 3.05) is 13.2 Å². The van der Waals surface area contributed by atoms with E-state index in [1.54, 1.807) is 0 Å². The second-order valence-corrected chi connectivity index (χ2v) is 14.9. The Morgan fingerprint density at radius 2 is 1.43 bits per heavy atom. The number of rotatable bonds is 8. The Morgan fingerprint density at radius 3 is 1.94 bits per heavy atom. The van der Waals surface area contributed by atoms with E-state index in [9.17, 15) is 0 Å². The summed E-state index contributed by atoms with van der Waals surface area (Å²) >= 11 is 0. The zero-order chi connectivity index (χ0) is 24.5. The molecular weight excluding hydrogens is 451 g/mol. The van der Waals surface area contributed by atoms with Crippen LogP contribution < -0.4 is 10.4 Å². The molecule has 0 amide bonds. The molecule has 2 radical (unpaired) electrons. The summed E-state index contributed by atoms with van der Waals surface area (Å²) in [5, 5.41) is 2.33. The van der Waals surface area contributed by atoms with Gasteiger partial charge in [-0.2, -0.15) is 0 Å². The quantitative estimate of drug-likeness (QED) is 0.456. The Balaban J connectivity index is 1.48. The molecule has 2 aliphatic heterocycles. The predicted octanol–water partition coefficient (Wildman–Crippen LogP) is 3.81. The predicted molar refractivity (Wildman–Crippen MR) is 142 cm³/mol. The van der Waals surface area contributed by atoms with Crippen molar-refractivity contribution in [1.82, 2.24) is 0 Å². The fourth-order valence-electron chi connectivity index (χ4n) is 5.57. The summed E-state index contributed by atoms with van der Waals surface area (Å²) in [7, 11) is 3.61. The number of benzene rings is 3. The monoisotopic (exact) mass is 484 g/mol. The van der Waals surface area contributed by atoms with Crippen molar-refractivity contribution in [1.29, 1.82) is 0 Å². The lowest BCUT2D eigenvalue weighted by molar-refractivity contribution is -0.139. The van der Waals surface area contributed by atoms with Crippen molar-refractivity contribution in [3.63, 3.8) is 0 Å². The van der Waals surface area contributed by atoms with E-state index in [1.807, 2.05) is 18.2 Å². The summed E-state index contributed by atoms with van der Waals surface area (Å²) in [5.41, 5.74) is 0.363. The van der Waals surface area contributed by atoms with Crippen LogP contribution in [0.5, 0.6) is 0 Å². The largest absolute Gasteiger partial charge is 0.404 e. The maximum Gasteiger partial charge on any atom is 0.261 e. The number of hydrogen-bond acceptors (Lipinski definition) is 4. The molecule has 4 atom stereocenters. The molecule has 0 aliphatic carbocycles.